The molecule has 0 amide bonds. The summed E-state index contributed by atoms with van der Waals surface area (Å²) in [5, 5.41) is 30.7. The third-order valence-electron chi connectivity index (χ3n) is 8.97. The van der Waals surface area contributed by atoms with Gasteiger partial charge in [-0.15, -0.1) is 0 Å². The Morgan fingerprint density at radius 3 is 2.61 bits per heavy atom. The van der Waals surface area contributed by atoms with Crippen molar-refractivity contribution < 1.29 is 15.3 Å². The molecule has 0 radical (unpaired) electrons. The van der Waals surface area contributed by atoms with Gasteiger partial charge in [0.25, 0.3) is 0 Å². The average Bonchev–Trinajstić information content (AvgIpc) is 3.04. The lowest BCUT2D eigenvalue weighted by Crippen LogP contribution is -2.36. The van der Waals surface area contributed by atoms with E-state index < -0.39 is 17.8 Å². The van der Waals surface area contributed by atoms with E-state index in [0.717, 1.165) is 36.3 Å². The Morgan fingerprint density at radius 1 is 1.23 bits per heavy atom. The number of aliphatic hydroxyl groups is 3. The second kappa shape index (κ2) is 9.53. The molecule has 3 rings (SSSR count). The van der Waals surface area contributed by atoms with E-state index in [1.807, 2.05) is 20.8 Å². The number of aliphatic hydroxyl groups excluding tert-OH is 2. The molecule has 3 fully saturated rings. The first-order valence-electron chi connectivity index (χ1n) is 12.6. The summed E-state index contributed by atoms with van der Waals surface area (Å²) in [5.74, 6) is 1.94. The summed E-state index contributed by atoms with van der Waals surface area (Å²) < 4.78 is 0. The largest absolute Gasteiger partial charge is 0.392 e. The highest BCUT2D eigenvalue weighted by molar-refractivity contribution is 5.39. The minimum absolute atomic E-state index is 0.149. The summed E-state index contributed by atoms with van der Waals surface area (Å²) in [6.45, 7) is 14.8. The molecular formula is C28H46O3. The number of fused-ring (bicyclic) bond motifs is 1. The standard InChI is InChI=1S/C28H46O3/c1-18(9-7-15-27(4,5)31)23-13-14-24-21(10-8-16-28(23,24)6)11-12-22-17-25(29)20(3)26(30)19(22)2/h11-12,18,20,23-26,29-31H,2,7-10,13-17H2,1,3-6H3/b21-11+,22-12-/t18-,20+,23-,24+,25+,26+,28-/m1/s1. The summed E-state index contributed by atoms with van der Waals surface area (Å²) in [4.78, 5) is 0. The first-order valence-corrected chi connectivity index (χ1v) is 12.6. The van der Waals surface area contributed by atoms with Crippen LogP contribution in [0.5, 0.6) is 0 Å². The summed E-state index contributed by atoms with van der Waals surface area (Å²) >= 11 is 0. The summed E-state index contributed by atoms with van der Waals surface area (Å²) in [5.41, 5.74) is 3.15. The molecule has 0 bridgehead atoms. The van der Waals surface area contributed by atoms with E-state index in [-0.39, 0.29) is 5.92 Å². The molecule has 0 aliphatic heterocycles. The predicted molar refractivity (Wildman–Crippen MR) is 129 cm³/mol. The van der Waals surface area contributed by atoms with E-state index >= 15 is 0 Å². The normalized spacial score (nSPS) is 40.4. The van der Waals surface area contributed by atoms with Gasteiger partial charge in [-0.3, -0.25) is 0 Å². The van der Waals surface area contributed by atoms with Crippen LogP contribution in [0.25, 0.3) is 0 Å². The lowest BCUT2D eigenvalue weighted by Gasteiger charge is -2.44. The Labute approximate surface area is 190 Å². The second-order valence-corrected chi connectivity index (χ2v) is 11.8. The fraction of sp³-hybridized carbons (Fsp3) is 0.786. The Hall–Kier alpha value is -0.900. The van der Waals surface area contributed by atoms with E-state index in [1.165, 1.54) is 32.1 Å². The minimum Gasteiger partial charge on any atom is -0.392 e. The van der Waals surface area contributed by atoms with Gasteiger partial charge in [-0.25, -0.2) is 0 Å². The molecule has 176 valence electrons. The van der Waals surface area contributed by atoms with Crippen LogP contribution in [0.3, 0.4) is 0 Å². The Balaban J connectivity index is 1.71. The van der Waals surface area contributed by atoms with Crippen LogP contribution in [0.15, 0.2) is 35.5 Å². The van der Waals surface area contributed by atoms with Crippen LogP contribution in [0.1, 0.15) is 92.4 Å². The monoisotopic (exact) mass is 430 g/mol. The van der Waals surface area contributed by atoms with Crippen molar-refractivity contribution in [3.8, 4) is 0 Å². The highest BCUT2D eigenvalue weighted by Crippen LogP contribution is 2.60. The molecule has 3 aliphatic carbocycles. The first-order chi connectivity index (χ1) is 14.4. The van der Waals surface area contributed by atoms with Gasteiger partial charge in [-0.05, 0) is 93.1 Å². The first kappa shape index (κ1) is 24.7. The van der Waals surface area contributed by atoms with Crippen molar-refractivity contribution in [2.45, 2.75) is 110 Å². The molecule has 3 heteroatoms. The maximum atomic E-state index is 10.4. The van der Waals surface area contributed by atoms with Gasteiger partial charge < -0.3 is 15.3 Å². The van der Waals surface area contributed by atoms with Crippen molar-refractivity contribution in [1.82, 2.24) is 0 Å². The zero-order valence-electron chi connectivity index (χ0n) is 20.5. The van der Waals surface area contributed by atoms with Crippen molar-refractivity contribution in [1.29, 1.82) is 0 Å². The molecule has 3 nitrogen and oxygen atoms in total. The van der Waals surface area contributed by atoms with Gasteiger partial charge in [0.2, 0.25) is 0 Å². The maximum absolute atomic E-state index is 10.4. The Kier molecular flexibility index (Phi) is 7.61. The van der Waals surface area contributed by atoms with Crippen LogP contribution in [0.4, 0.5) is 0 Å². The van der Waals surface area contributed by atoms with Crippen LogP contribution in [0.2, 0.25) is 0 Å². The molecule has 7 atom stereocenters. The molecule has 0 spiro atoms. The molecule has 3 N–H and O–H groups in total. The van der Waals surface area contributed by atoms with Gasteiger partial charge in [0.05, 0.1) is 17.8 Å². The lowest BCUT2D eigenvalue weighted by molar-refractivity contribution is 0.0283. The quantitative estimate of drug-likeness (QED) is 0.488. The smallest absolute Gasteiger partial charge is 0.0837 e. The van der Waals surface area contributed by atoms with Crippen molar-refractivity contribution in [2.24, 2.45) is 29.1 Å². The summed E-state index contributed by atoms with van der Waals surface area (Å²) in [6, 6.07) is 0. The van der Waals surface area contributed by atoms with E-state index in [1.54, 1.807) is 5.57 Å². The lowest BCUT2D eigenvalue weighted by atomic mass is 9.60. The van der Waals surface area contributed by atoms with Gasteiger partial charge in [0.15, 0.2) is 0 Å². The van der Waals surface area contributed by atoms with Crippen LogP contribution in [0, 0.1) is 29.1 Å². The van der Waals surface area contributed by atoms with Crippen molar-refractivity contribution in [3.05, 3.63) is 35.5 Å². The fourth-order valence-electron chi connectivity index (χ4n) is 6.91. The van der Waals surface area contributed by atoms with Crippen LogP contribution in [-0.4, -0.2) is 33.1 Å². The number of hydrogen-bond acceptors (Lipinski definition) is 3. The van der Waals surface area contributed by atoms with Crippen LogP contribution in [-0.2, 0) is 0 Å². The van der Waals surface area contributed by atoms with Crippen LogP contribution >= 0.6 is 0 Å². The molecule has 0 aromatic rings. The van der Waals surface area contributed by atoms with E-state index in [9.17, 15) is 15.3 Å². The Bertz CT molecular complexity index is 712. The molecule has 0 saturated heterocycles. The topological polar surface area (TPSA) is 60.7 Å². The average molecular weight is 431 g/mol. The fourth-order valence-corrected chi connectivity index (χ4v) is 6.91. The molecule has 0 unspecified atom stereocenters. The predicted octanol–water partition coefficient (Wildman–Crippen LogP) is 5.95. The zero-order chi connectivity index (χ0) is 23.0. The van der Waals surface area contributed by atoms with Crippen molar-refractivity contribution in [2.75, 3.05) is 0 Å². The minimum atomic E-state index is -0.648. The maximum Gasteiger partial charge on any atom is 0.0837 e. The van der Waals surface area contributed by atoms with Gasteiger partial charge in [-0.1, -0.05) is 57.9 Å². The number of hydrogen-bond donors (Lipinski definition) is 3. The number of allylic oxidation sites excluding steroid dienone is 3. The van der Waals surface area contributed by atoms with Gasteiger partial charge in [0.1, 0.15) is 0 Å². The Morgan fingerprint density at radius 2 is 1.94 bits per heavy atom. The second-order valence-electron chi connectivity index (χ2n) is 11.8. The van der Waals surface area contributed by atoms with E-state index in [0.29, 0.717) is 23.7 Å². The van der Waals surface area contributed by atoms with E-state index in [2.05, 4.69) is 32.6 Å². The molecule has 31 heavy (non-hydrogen) atoms. The highest BCUT2D eigenvalue weighted by Gasteiger charge is 2.50. The zero-order valence-corrected chi connectivity index (χ0v) is 20.5. The highest BCUT2D eigenvalue weighted by atomic mass is 16.3. The SMILES string of the molecule is C=C1/C(=C\C=C2/CCC[C@]3(C)[C@@H]([C@H](C)CCCC(C)(C)O)CC[C@@H]23)C[C@H](O)[C@H](C)[C@H]1O. The molecule has 3 aliphatic rings. The summed E-state index contributed by atoms with van der Waals surface area (Å²) in [7, 11) is 0. The van der Waals surface area contributed by atoms with Crippen LogP contribution < -0.4 is 0 Å². The molecular weight excluding hydrogens is 384 g/mol. The van der Waals surface area contributed by atoms with Gasteiger partial charge in [0, 0.05) is 5.92 Å². The molecule has 3 saturated carbocycles. The molecule has 0 aromatic heterocycles. The third-order valence-corrected chi connectivity index (χ3v) is 8.97. The molecule has 0 aromatic carbocycles. The van der Waals surface area contributed by atoms with Gasteiger partial charge >= 0.3 is 0 Å². The van der Waals surface area contributed by atoms with E-state index in [4.69, 9.17) is 0 Å². The third kappa shape index (κ3) is 5.37. The molecule has 0 heterocycles. The van der Waals surface area contributed by atoms with Crippen molar-refractivity contribution in [3.63, 3.8) is 0 Å². The summed E-state index contributed by atoms with van der Waals surface area (Å²) in [6.07, 6.45) is 13.4. The van der Waals surface area contributed by atoms with Crippen molar-refractivity contribution >= 4 is 0 Å². The van der Waals surface area contributed by atoms with Gasteiger partial charge in [-0.2, -0.15) is 0 Å². The number of rotatable bonds is 6.